The summed E-state index contributed by atoms with van der Waals surface area (Å²) in [7, 11) is 0. The second kappa shape index (κ2) is 5.52. The predicted octanol–water partition coefficient (Wildman–Crippen LogP) is 3.40. The molecule has 0 radical (unpaired) electrons. The lowest BCUT2D eigenvalue weighted by Gasteiger charge is -2.26. The minimum absolute atomic E-state index is 0.0339. The van der Waals surface area contributed by atoms with Crippen molar-refractivity contribution in [1.82, 2.24) is 0 Å². The molecule has 1 aromatic rings. The number of hydrogen-bond acceptors (Lipinski definition) is 3. The quantitative estimate of drug-likeness (QED) is 0.923. The molecule has 1 aromatic carbocycles. The highest BCUT2D eigenvalue weighted by Gasteiger charge is 2.30. The standard InChI is InChI=1S/C14H17F3O3/c1-13(18,5-2-6-14(15,16)17)10-3-4-11-12(9-10)20-8-7-19-11/h3-4,9,18H,2,5-8H2,1H3. The Morgan fingerprint density at radius 2 is 1.75 bits per heavy atom. The Balaban J connectivity index is 2.05. The van der Waals surface area contributed by atoms with Crippen LogP contribution in [-0.4, -0.2) is 24.5 Å². The van der Waals surface area contributed by atoms with Gasteiger partial charge in [0, 0.05) is 6.42 Å². The summed E-state index contributed by atoms with van der Waals surface area (Å²) in [6, 6.07) is 4.95. The summed E-state index contributed by atoms with van der Waals surface area (Å²) in [4.78, 5) is 0. The van der Waals surface area contributed by atoms with Gasteiger partial charge in [0.25, 0.3) is 0 Å². The van der Waals surface area contributed by atoms with Crippen LogP contribution in [0.2, 0.25) is 0 Å². The predicted molar refractivity (Wildman–Crippen MR) is 66.9 cm³/mol. The maximum Gasteiger partial charge on any atom is 0.389 e. The molecule has 1 atom stereocenters. The van der Waals surface area contributed by atoms with E-state index in [2.05, 4.69) is 0 Å². The van der Waals surface area contributed by atoms with E-state index >= 15 is 0 Å². The van der Waals surface area contributed by atoms with Crippen molar-refractivity contribution in [3.05, 3.63) is 23.8 Å². The number of halogens is 3. The van der Waals surface area contributed by atoms with E-state index in [-0.39, 0.29) is 12.8 Å². The largest absolute Gasteiger partial charge is 0.486 e. The molecule has 1 aliphatic rings. The summed E-state index contributed by atoms with van der Waals surface area (Å²) in [6.07, 6.45) is -5.17. The number of aliphatic hydroxyl groups is 1. The second-order valence-corrected chi connectivity index (χ2v) is 5.10. The van der Waals surface area contributed by atoms with Gasteiger partial charge < -0.3 is 14.6 Å². The van der Waals surface area contributed by atoms with Gasteiger partial charge in [0.15, 0.2) is 11.5 Å². The van der Waals surface area contributed by atoms with Gasteiger partial charge in [-0.25, -0.2) is 0 Å². The second-order valence-electron chi connectivity index (χ2n) is 5.10. The third-order valence-electron chi connectivity index (χ3n) is 3.29. The lowest BCUT2D eigenvalue weighted by molar-refractivity contribution is -0.137. The lowest BCUT2D eigenvalue weighted by atomic mass is 9.90. The smallest absolute Gasteiger partial charge is 0.389 e. The zero-order chi connectivity index (χ0) is 14.8. The molecule has 0 aromatic heterocycles. The number of alkyl halides is 3. The van der Waals surface area contributed by atoms with Crippen LogP contribution in [-0.2, 0) is 5.60 Å². The van der Waals surface area contributed by atoms with Crippen LogP contribution in [0.1, 0.15) is 31.7 Å². The Hall–Kier alpha value is -1.43. The first kappa shape index (κ1) is 15.0. The van der Waals surface area contributed by atoms with Gasteiger partial charge in [0.1, 0.15) is 13.2 Å². The number of benzene rings is 1. The van der Waals surface area contributed by atoms with E-state index in [1.807, 2.05) is 0 Å². The molecular weight excluding hydrogens is 273 g/mol. The molecule has 112 valence electrons. The lowest BCUT2D eigenvalue weighted by Crippen LogP contribution is -2.23. The fraction of sp³-hybridized carbons (Fsp3) is 0.571. The maximum atomic E-state index is 12.1. The molecule has 0 saturated heterocycles. The van der Waals surface area contributed by atoms with Crippen LogP contribution in [0, 0.1) is 0 Å². The summed E-state index contributed by atoms with van der Waals surface area (Å²) in [6.45, 7) is 2.40. The fourth-order valence-electron chi connectivity index (χ4n) is 2.16. The van der Waals surface area contributed by atoms with Crippen LogP contribution in [0.5, 0.6) is 11.5 Å². The first-order chi connectivity index (χ1) is 9.28. The van der Waals surface area contributed by atoms with Crippen LogP contribution < -0.4 is 9.47 Å². The Kier molecular flexibility index (Phi) is 4.13. The molecule has 0 bridgehead atoms. The molecule has 1 heterocycles. The van der Waals surface area contributed by atoms with Crippen LogP contribution in [0.3, 0.4) is 0 Å². The Bertz CT molecular complexity index is 469. The van der Waals surface area contributed by atoms with Crippen molar-refractivity contribution >= 4 is 0 Å². The van der Waals surface area contributed by atoms with Crippen molar-refractivity contribution in [3.63, 3.8) is 0 Å². The average Bonchev–Trinajstić information content (AvgIpc) is 2.36. The topological polar surface area (TPSA) is 38.7 Å². The molecule has 0 fully saturated rings. The van der Waals surface area contributed by atoms with E-state index in [0.29, 0.717) is 30.3 Å². The molecule has 0 aliphatic carbocycles. The molecular formula is C14H17F3O3. The zero-order valence-electron chi connectivity index (χ0n) is 11.2. The summed E-state index contributed by atoms with van der Waals surface area (Å²) in [5.74, 6) is 1.11. The maximum absolute atomic E-state index is 12.1. The van der Waals surface area contributed by atoms with Crippen LogP contribution >= 0.6 is 0 Å². The van der Waals surface area contributed by atoms with E-state index in [1.165, 1.54) is 6.92 Å². The van der Waals surface area contributed by atoms with Gasteiger partial charge >= 0.3 is 6.18 Å². The number of hydrogen-bond donors (Lipinski definition) is 1. The minimum Gasteiger partial charge on any atom is -0.486 e. The molecule has 0 spiro atoms. The van der Waals surface area contributed by atoms with Gasteiger partial charge in [-0.3, -0.25) is 0 Å². The van der Waals surface area contributed by atoms with Crippen molar-refractivity contribution in [1.29, 1.82) is 0 Å². The van der Waals surface area contributed by atoms with E-state index in [9.17, 15) is 18.3 Å². The van der Waals surface area contributed by atoms with Crippen molar-refractivity contribution in [2.24, 2.45) is 0 Å². The van der Waals surface area contributed by atoms with Crippen molar-refractivity contribution in [2.75, 3.05) is 13.2 Å². The van der Waals surface area contributed by atoms with Crippen LogP contribution in [0.4, 0.5) is 13.2 Å². The van der Waals surface area contributed by atoms with Gasteiger partial charge in [-0.15, -0.1) is 0 Å². The van der Waals surface area contributed by atoms with Gasteiger partial charge in [-0.1, -0.05) is 6.07 Å². The van der Waals surface area contributed by atoms with Crippen molar-refractivity contribution in [3.8, 4) is 11.5 Å². The Morgan fingerprint density at radius 3 is 2.40 bits per heavy atom. The molecule has 2 rings (SSSR count). The molecule has 3 nitrogen and oxygen atoms in total. The highest BCUT2D eigenvalue weighted by molar-refractivity contribution is 5.45. The zero-order valence-corrected chi connectivity index (χ0v) is 11.2. The minimum atomic E-state index is -4.19. The van der Waals surface area contributed by atoms with E-state index < -0.39 is 18.2 Å². The van der Waals surface area contributed by atoms with Crippen molar-refractivity contribution < 1.29 is 27.8 Å². The number of fused-ring (bicyclic) bond motifs is 1. The highest BCUT2D eigenvalue weighted by atomic mass is 19.4. The van der Waals surface area contributed by atoms with Gasteiger partial charge in [-0.2, -0.15) is 13.2 Å². The molecule has 20 heavy (non-hydrogen) atoms. The summed E-state index contributed by atoms with van der Waals surface area (Å²) >= 11 is 0. The first-order valence-corrected chi connectivity index (χ1v) is 6.47. The molecule has 0 amide bonds. The Labute approximate surface area is 115 Å². The van der Waals surface area contributed by atoms with Gasteiger partial charge in [0.2, 0.25) is 0 Å². The van der Waals surface area contributed by atoms with Gasteiger partial charge in [0.05, 0.1) is 5.60 Å². The molecule has 1 aliphatic heterocycles. The number of rotatable bonds is 4. The highest BCUT2D eigenvalue weighted by Crippen LogP contribution is 2.36. The van der Waals surface area contributed by atoms with Gasteiger partial charge in [-0.05, 0) is 37.5 Å². The summed E-state index contributed by atoms with van der Waals surface area (Å²) in [5, 5.41) is 10.3. The van der Waals surface area contributed by atoms with E-state index in [0.717, 1.165) is 0 Å². The molecule has 0 saturated carbocycles. The summed E-state index contributed by atoms with van der Waals surface area (Å²) in [5.41, 5.74) is -0.787. The average molecular weight is 290 g/mol. The first-order valence-electron chi connectivity index (χ1n) is 6.47. The third kappa shape index (κ3) is 3.79. The SMILES string of the molecule is CC(O)(CCCC(F)(F)F)c1ccc2c(c1)OCCO2. The summed E-state index contributed by atoms with van der Waals surface area (Å²) < 4.78 is 47.2. The van der Waals surface area contributed by atoms with E-state index in [4.69, 9.17) is 9.47 Å². The normalized spacial score (nSPS) is 17.6. The monoisotopic (exact) mass is 290 g/mol. The number of ether oxygens (including phenoxy) is 2. The van der Waals surface area contributed by atoms with Crippen LogP contribution in [0.25, 0.3) is 0 Å². The van der Waals surface area contributed by atoms with Crippen LogP contribution in [0.15, 0.2) is 18.2 Å². The molecule has 1 N–H and O–H groups in total. The van der Waals surface area contributed by atoms with Crippen molar-refractivity contribution in [2.45, 2.75) is 38.0 Å². The molecule has 1 unspecified atom stereocenters. The Morgan fingerprint density at radius 1 is 1.10 bits per heavy atom. The van der Waals surface area contributed by atoms with E-state index in [1.54, 1.807) is 18.2 Å². The fourth-order valence-corrected chi connectivity index (χ4v) is 2.16. The third-order valence-corrected chi connectivity index (χ3v) is 3.29. The molecule has 6 heteroatoms.